The van der Waals surface area contributed by atoms with Crippen molar-refractivity contribution in [3.8, 4) is 0 Å². The predicted octanol–water partition coefficient (Wildman–Crippen LogP) is 3.71. The molecule has 1 aliphatic carbocycles. The van der Waals surface area contributed by atoms with Gasteiger partial charge in [-0.05, 0) is 50.1 Å². The van der Waals surface area contributed by atoms with Crippen LogP contribution in [0.25, 0.3) is 0 Å². The summed E-state index contributed by atoms with van der Waals surface area (Å²) in [6, 6.07) is 10.6. The monoisotopic (exact) mass is 275 g/mol. The van der Waals surface area contributed by atoms with E-state index < -0.39 is 0 Å². The lowest BCUT2D eigenvalue weighted by Crippen LogP contribution is -2.29. The maximum Gasteiger partial charge on any atom is 0.0518 e. The highest BCUT2D eigenvalue weighted by Gasteiger charge is 2.16. The van der Waals surface area contributed by atoms with Crippen molar-refractivity contribution in [1.82, 2.24) is 5.32 Å². The first-order valence-corrected chi connectivity index (χ1v) is 8.19. The molecule has 0 aromatic heterocycles. The summed E-state index contributed by atoms with van der Waals surface area (Å²) in [5.41, 5.74) is 1.34. The lowest BCUT2D eigenvalue weighted by molar-refractivity contribution is 0.173. The molecule has 2 unspecified atom stereocenters. The molecule has 1 aromatic carbocycles. The van der Waals surface area contributed by atoms with E-state index in [2.05, 4.69) is 35.6 Å². The van der Waals surface area contributed by atoms with Crippen molar-refractivity contribution in [3.63, 3.8) is 0 Å². The summed E-state index contributed by atoms with van der Waals surface area (Å²) in [5.74, 6) is 1.28. The predicted molar refractivity (Wildman–Crippen MR) is 84.9 cm³/mol. The first-order chi connectivity index (χ1) is 9.75. The standard InChI is InChI=1S/C18H29NO/c1-15(20)12-18(17-10-6-3-7-11-17)14-19-13-16-8-4-2-5-9-16/h3,6-7,10-11,15-16,18-20H,2,4-5,8-9,12-14H2,1H3. The molecular formula is C18H29NO. The summed E-state index contributed by atoms with van der Waals surface area (Å²) in [6.45, 7) is 4.01. The van der Waals surface area contributed by atoms with Gasteiger partial charge in [0.2, 0.25) is 0 Å². The summed E-state index contributed by atoms with van der Waals surface area (Å²) in [4.78, 5) is 0. The zero-order valence-corrected chi connectivity index (χ0v) is 12.7. The van der Waals surface area contributed by atoms with Gasteiger partial charge in [0.15, 0.2) is 0 Å². The lowest BCUT2D eigenvalue weighted by Gasteiger charge is -2.24. The molecule has 2 atom stereocenters. The highest BCUT2D eigenvalue weighted by Crippen LogP contribution is 2.24. The summed E-state index contributed by atoms with van der Waals surface area (Å²) in [5, 5.41) is 13.4. The van der Waals surface area contributed by atoms with Crippen molar-refractivity contribution in [2.45, 2.75) is 57.5 Å². The summed E-state index contributed by atoms with van der Waals surface area (Å²) in [7, 11) is 0. The number of hydrogen-bond donors (Lipinski definition) is 2. The topological polar surface area (TPSA) is 32.3 Å². The molecule has 0 spiro atoms. The molecule has 2 nitrogen and oxygen atoms in total. The summed E-state index contributed by atoms with van der Waals surface area (Å²) in [6.07, 6.45) is 7.60. The quantitative estimate of drug-likeness (QED) is 0.795. The number of rotatable bonds is 7. The van der Waals surface area contributed by atoms with E-state index >= 15 is 0 Å². The van der Waals surface area contributed by atoms with Crippen LogP contribution in [0.5, 0.6) is 0 Å². The number of aliphatic hydroxyl groups is 1. The van der Waals surface area contributed by atoms with Crippen molar-refractivity contribution >= 4 is 0 Å². The molecule has 0 bridgehead atoms. The van der Waals surface area contributed by atoms with Crippen LogP contribution in [0.3, 0.4) is 0 Å². The fourth-order valence-electron chi connectivity index (χ4n) is 3.33. The Morgan fingerprint density at radius 3 is 2.50 bits per heavy atom. The summed E-state index contributed by atoms with van der Waals surface area (Å²) < 4.78 is 0. The minimum Gasteiger partial charge on any atom is -0.393 e. The minimum atomic E-state index is -0.239. The van der Waals surface area contributed by atoms with Crippen LogP contribution in [0.4, 0.5) is 0 Å². The van der Waals surface area contributed by atoms with Crippen LogP contribution in [0.1, 0.15) is 56.9 Å². The summed E-state index contributed by atoms with van der Waals surface area (Å²) >= 11 is 0. The van der Waals surface area contributed by atoms with Gasteiger partial charge in [-0.2, -0.15) is 0 Å². The molecule has 0 saturated heterocycles. The van der Waals surface area contributed by atoms with E-state index in [0.717, 1.165) is 25.4 Å². The van der Waals surface area contributed by atoms with Crippen LogP contribution in [-0.2, 0) is 0 Å². The Morgan fingerprint density at radius 1 is 1.15 bits per heavy atom. The lowest BCUT2D eigenvalue weighted by atomic mass is 9.88. The number of aliphatic hydroxyl groups excluding tert-OH is 1. The van der Waals surface area contributed by atoms with Gasteiger partial charge >= 0.3 is 0 Å². The largest absolute Gasteiger partial charge is 0.393 e. The van der Waals surface area contributed by atoms with Crippen LogP contribution in [0, 0.1) is 5.92 Å². The van der Waals surface area contributed by atoms with Gasteiger partial charge in [-0.1, -0.05) is 49.6 Å². The third-order valence-corrected chi connectivity index (χ3v) is 4.45. The molecule has 2 rings (SSSR count). The molecule has 112 valence electrons. The zero-order valence-electron chi connectivity index (χ0n) is 12.7. The van der Waals surface area contributed by atoms with E-state index in [-0.39, 0.29) is 6.10 Å². The fourth-order valence-corrected chi connectivity index (χ4v) is 3.33. The number of benzene rings is 1. The maximum atomic E-state index is 9.70. The van der Waals surface area contributed by atoms with Gasteiger partial charge in [-0.3, -0.25) is 0 Å². The van der Waals surface area contributed by atoms with Crippen molar-refractivity contribution < 1.29 is 5.11 Å². The Labute approximate surface area is 123 Å². The average Bonchev–Trinajstić information content (AvgIpc) is 2.48. The van der Waals surface area contributed by atoms with Gasteiger partial charge < -0.3 is 10.4 Å². The van der Waals surface area contributed by atoms with Gasteiger partial charge in [-0.25, -0.2) is 0 Å². The van der Waals surface area contributed by atoms with E-state index in [1.54, 1.807) is 0 Å². The van der Waals surface area contributed by atoms with Gasteiger partial charge in [0, 0.05) is 6.54 Å². The molecule has 0 aliphatic heterocycles. The van der Waals surface area contributed by atoms with Crippen molar-refractivity contribution in [1.29, 1.82) is 0 Å². The molecule has 1 aromatic rings. The maximum absolute atomic E-state index is 9.70. The number of nitrogens with one attached hydrogen (secondary N) is 1. The molecule has 1 aliphatic rings. The second-order valence-electron chi connectivity index (χ2n) is 6.35. The van der Waals surface area contributed by atoms with E-state index in [4.69, 9.17) is 0 Å². The third kappa shape index (κ3) is 5.26. The minimum absolute atomic E-state index is 0.239. The zero-order chi connectivity index (χ0) is 14.2. The molecule has 1 saturated carbocycles. The van der Waals surface area contributed by atoms with E-state index in [0.29, 0.717) is 5.92 Å². The van der Waals surface area contributed by atoms with Crippen molar-refractivity contribution in [3.05, 3.63) is 35.9 Å². The normalized spacial score (nSPS) is 19.7. The second-order valence-corrected chi connectivity index (χ2v) is 6.35. The smallest absolute Gasteiger partial charge is 0.0518 e. The van der Waals surface area contributed by atoms with Crippen LogP contribution in [0.15, 0.2) is 30.3 Å². The van der Waals surface area contributed by atoms with Crippen LogP contribution >= 0.6 is 0 Å². The first-order valence-electron chi connectivity index (χ1n) is 8.19. The molecule has 0 radical (unpaired) electrons. The Balaban J connectivity index is 1.81. The Kier molecular flexibility index (Phi) is 6.55. The van der Waals surface area contributed by atoms with E-state index in [1.807, 2.05) is 6.92 Å². The highest BCUT2D eigenvalue weighted by atomic mass is 16.3. The Morgan fingerprint density at radius 2 is 1.85 bits per heavy atom. The average molecular weight is 275 g/mol. The molecule has 0 heterocycles. The van der Waals surface area contributed by atoms with Crippen LogP contribution in [0.2, 0.25) is 0 Å². The Hall–Kier alpha value is -0.860. The van der Waals surface area contributed by atoms with Gasteiger partial charge in [-0.15, -0.1) is 0 Å². The molecule has 20 heavy (non-hydrogen) atoms. The van der Waals surface area contributed by atoms with Gasteiger partial charge in [0.1, 0.15) is 0 Å². The van der Waals surface area contributed by atoms with Crippen LogP contribution < -0.4 is 5.32 Å². The van der Waals surface area contributed by atoms with Crippen molar-refractivity contribution in [2.24, 2.45) is 5.92 Å². The van der Waals surface area contributed by atoms with Gasteiger partial charge in [0.25, 0.3) is 0 Å². The molecule has 0 amide bonds. The molecule has 2 N–H and O–H groups in total. The first kappa shape index (κ1) is 15.5. The Bertz CT molecular complexity index is 357. The van der Waals surface area contributed by atoms with E-state index in [9.17, 15) is 5.11 Å². The molecule has 1 fully saturated rings. The molecule has 2 heteroatoms. The van der Waals surface area contributed by atoms with E-state index in [1.165, 1.54) is 37.7 Å². The van der Waals surface area contributed by atoms with Crippen LogP contribution in [-0.4, -0.2) is 24.3 Å². The highest BCUT2D eigenvalue weighted by molar-refractivity contribution is 5.20. The third-order valence-electron chi connectivity index (χ3n) is 4.45. The van der Waals surface area contributed by atoms with Crippen molar-refractivity contribution in [2.75, 3.05) is 13.1 Å². The second kappa shape index (κ2) is 8.43. The molecular weight excluding hydrogens is 246 g/mol. The fraction of sp³-hybridized carbons (Fsp3) is 0.667. The number of hydrogen-bond acceptors (Lipinski definition) is 2. The SMILES string of the molecule is CC(O)CC(CNCC1CCCCC1)c1ccccc1. The van der Waals surface area contributed by atoms with Gasteiger partial charge in [0.05, 0.1) is 6.10 Å².